The monoisotopic (exact) mass is 437 g/mol. The molecule has 3 rings (SSSR count). The van der Waals surface area contributed by atoms with E-state index in [0.29, 0.717) is 10.9 Å². The number of rotatable bonds is 5. The second kappa shape index (κ2) is 9.39. The SMILES string of the molecule is COc1ccc(/C=C2\N=C(SC(C)C(=O)N(C)C)N(c3cc(C)cc(C)c3)C2=O)cc1. The van der Waals surface area contributed by atoms with E-state index in [1.807, 2.05) is 57.2 Å². The van der Waals surface area contributed by atoms with Gasteiger partial charge in [0.05, 0.1) is 18.0 Å². The number of amides is 2. The van der Waals surface area contributed by atoms with E-state index < -0.39 is 0 Å². The second-order valence-corrected chi connectivity index (χ2v) is 8.98. The Kier molecular flexibility index (Phi) is 6.85. The summed E-state index contributed by atoms with van der Waals surface area (Å²) in [5.74, 6) is 0.494. The van der Waals surface area contributed by atoms with Crippen LogP contribution in [0.1, 0.15) is 23.6 Å². The molecular formula is C24H27N3O3S. The number of thioether (sulfide) groups is 1. The van der Waals surface area contributed by atoms with E-state index in [0.717, 1.165) is 28.1 Å². The number of aliphatic imine (C=N–C) groups is 1. The van der Waals surface area contributed by atoms with Gasteiger partial charge in [-0.15, -0.1) is 0 Å². The van der Waals surface area contributed by atoms with Crippen molar-refractivity contribution in [3.8, 4) is 5.75 Å². The summed E-state index contributed by atoms with van der Waals surface area (Å²) in [6, 6.07) is 13.4. The van der Waals surface area contributed by atoms with Crippen molar-refractivity contribution in [1.29, 1.82) is 0 Å². The lowest BCUT2D eigenvalue weighted by atomic mass is 10.1. The van der Waals surface area contributed by atoms with Gasteiger partial charge in [-0.2, -0.15) is 0 Å². The predicted octanol–water partition coefficient (Wildman–Crippen LogP) is 4.27. The molecule has 1 unspecified atom stereocenters. The van der Waals surface area contributed by atoms with Gasteiger partial charge in [-0.1, -0.05) is 30.0 Å². The Labute approximate surface area is 187 Å². The summed E-state index contributed by atoms with van der Waals surface area (Å²) in [6.45, 7) is 5.81. The maximum absolute atomic E-state index is 13.4. The summed E-state index contributed by atoms with van der Waals surface area (Å²) >= 11 is 1.29. The zero-order chi connectivity index (χ0) is 22.7. The number of carbonyl (C=O) groups excluding carboxylic acids is 2. The van der Waals surface area contributed by atoms with Crippen LogP contribution in [0, 0.1) is 13.8 Å². The summed E-state index contributed by atoms with van der Waals surface area (Å²) in [7, 11) is 5.05. The van der Waals surface area contributed by atoms with Gasteiger partial charge < -0.3 is 9.64 Å². The Morgan fingerprint density at radius 2 is 1.74 bits per heavy atom. The summed E-state index contributed by atoms with van der Waals surface area (Å²) in [4.78, 5) is 33.5. The predicted molar refractivity (Wildman–Crippen MR) is 128 cm³/mol. The molecule has 0 spiro atoms. The fraction of sp³-hybridized carbons (Fsp3) is 0.292. The Morgan fingerprint density at radius 3 is 2.29 bits per heavy atom. The highest BCUT2D eigenvalue weighted by molar-refractivity contribution is 8.15. The zero-order valence-electron chi connectivity index (χ0n) is 18.7. The summed E-state index contributed by atoms with van der Waals surface area (Å²) in [5.41, 5.74) is 4.03. The molecule has 6 nitrogen and oxygen atoms in total. The molecule has 2 aromatic rings. The molecule has 0 radical (unpaired) electrons. The molecule has 0 saturated heterocycles. The third kappa shape index (κ3) is 5.17. The smallest absolute Gasteiger partial charge is 0.283 e. The molecule has 7 heteroatoms. The number of benzene rings is 2. The first-order valence-electron chi connectivity index (χ1n) is 9.94. The highest BCUT2D eigenvalue weighted by Gasteiger charge is 2.34. The van der Waals surface area contributed by atoms with Crippen LogP contribution in [-0.2, 0) is 9.59 Å². The Bertz CT molecular complexity index is 1040. The van der Waals surface area contributed by atoms with Crippen molar-refractivity contribution in [1.82, 2.24) is 4.90 Å². The van der Waals surface area contributed by atoms with Crippen molar-refractivity contribution in [3.63, 3.8) is 0 Å². The normalized spacial score (nSPS) is 15.8. The first-order chi connectivity index (χ1) is 14.7. The van der Waals surface area contributed by atoms with Crippen LogP contribution >= 0.6 is 11.8 Å². The average molecular weight is 438 g/mol. The van der Waals surface area contributed by atoms with Crippen LogP contribution in [0.3, 0.4) is 0 Å². The minimum Gasteiger partial charge on any atom is -0.497 e. The average Bonchev–Trinajstić information content (AvgIpc) is 3.01. The minimum absolute atomic E-state index is 0.0342. The molecule has 0 fully saturated rings. The molecule has 0 N–H and O–H groups in total. The third-order valence-corrected chi connectivity index (χ3v) is 5.82. The lowest BCUT2D eigenvalue weighted by Gasteiger charge is -2.22. The second-order valence-electron chi connectivity index (χ2n) is 7.68. The van der Waals surface area contributed by atoms with Gasteiger partial charge in [-0.25, -0.2) is 4.99 Å². The van der Waals surface area contributed by atoms with Crippen molar-refractivity contribution < 1.29 is 14.3 Å². The molecule has 0 bridgehead atoms. The Balaban J connectivity index is 2.01. The standard InChI is InChI=1S/C24H27N3O3S/c1-15-11-16(2)13-19(12-15)27-23(29)21(14-18-7-9-20(30-6)10-8-18)25-24(27)31-17(3)22(28)26(4)5/h7-14,17H,1-6H3/b21-14-. The molecule has 0 aliphatic carbocycles. The Morgan fingerprint density at radius 1 is 1.13 bits per heavy atom. The van der Waals surface area contributed by atoms with Gasteiger partial charge >= 0.3 is 0 Å². The van der Waals surface area contributed by atoms with Gasteiger partial charge in [0.25, 0.3) is 5.91 Å². The van der Waals surface area contributed by atoms with Gasteiger partial charge in [-0.3, -0.25) is 14.5 Å². The summed E-state index contributed by atoms with van der Waals surface area (Å²) in [6.07, 6.45) is 1.75. The molecule has 1 aliphatic heterocycles. The fourth-order valence-electron chi connectivity index (χ4n) is 3.31. The van der Waals surface area contributed by atoms with E-state index in [4.69, 9.17) is 4.74 Å². The van der Waals surface area contributed by atoms with Gasteiger partial charge in [0.1, 0.15) is 11.4 Å². The van der Waals surface area contributed by atoms with Gasteiger partial charge in [0.2, 0.25) is 5.91 Å². The van der Waals surface area contributed by atoms with Crippen molar-refractivity contribution in [3.05, 3.63) is 64.9 Å². The molecule has 1 heterocycles. The lowest BCUT2D eigenvalue weighted by molar-refractivity contribution is -0.127. The van der Waals surface area contributed by atoms with E-state index in [1.54, 1.807) is 37.1 Å². The number of nitrogens with zero attached hydrogens (tertiary/aromatic N) is 3. The van der Waals surface area contributed by atoms with E-state index in [-0.39, 0.29) is 17.1 Å². The molecular weight excluding hydrogens is 410 g/mol. The lowest BCUT2D eigenvalue weighted by Crippen LogP contribution is -2.35. The fourth-order valence-corrected chi connectivity index (χ4v) is 4.39. The number of carbonyl (C=O) groups is 2. The maximum atomic E-state index is 13.4. The van der Waals surface area contributed by atoms with Gasteiger partial charge in [-0.05, 0) is 67.8 Å². The van der Waals surface area contributed by atoms with E-state index in [2.05, 4.69) is 11.1 Å². The van der Waals surface area contributed by atoms with Crippen LogP contribution in [0.25, 0.3) is 6.08 Å². The van der Waals surface area contributed by atoms with Gasteiger partial charge in [0.15, 0.2) is 5.17 Å². The van der Waals surface area contributed by atoms with Gasteiger partial charge in [0, 0.05) is 14.1 Å². The number of anilines is 1. The molecule has 2 aromatic carbocycles. The third-order valence-electron chi connectivity index (χ3n) is 4.78. The first-order valence-corrected chi connectivity index (χ1v) is 10.8. The quantitative estimate of drug-likeness (QED) is 0.656. The van der Waals surface area contributed by atoms with E-state index in [1.165, 1.54) is 11.8 Å². The molecule has 162 valence electrons. The highest BCUT2D eigenvalue weighted by atomic mass is 32.2. The number of methoxy groups -OCH3 is 1. The van der Waals surface area contributed by atoms with Crippen LogP contribution in [0.4, 0.5) is 5.69 Å². The maximum Gasteiger partial charge on any atom is 0.283 e. The van der Waals surface area contributed by atoms with Crippen molar-refractivity contribution in [2.75, 3.05) is 26.1 Å². The van der Waals surface area contributed by atoms with Crippen molar-refractivity contribution in [2.24, 2.45) is 4.99 Å². The van der Waals surface area contributed by atoms with Crippen LogP contribution in [0.2, 0.25) is 0 Å². The minimum atomic E-state index is -0.379. The summed E-state index contributed by atoms with van der Waals surface area (Å²) < 4.78 is 5.20. The molecule has 2 amide bonds. The van der Waals surface area contributed by atoms with Crippen molar-refractivity contribution >= 4 is 40.5 Å². The number of hydrogen-bond acceptors (Lipinski definition) is 5. The summed E-state index contributed by atoms with van der Waals surface area (Å²) in [5, 5.41) is 0.118. The number of aryl methyl sites for hydroxylation is 2. The molecule has 31 heavy (non-hydrogen) atoms. The van der Waals surface area contributed by atoms with E-state index in [9.17, 15) is 9.59 Å². The van der Waals surface area contributed by atoms with Crippen LogP contribution in [0.5, 0.6) is 5.75 Å². The van der Waals surface area contributed by atoms with Crippen molar-refractivity contribution in [2.45, 2.75) is 26.0 Å². The first kappa shape index (κ1) is 22.6. The zero-order valence-corrected chi connectivity index (χ0v) is 19.5. The highest BCUT2D eigenvalue weighted by Crippen LogP contribution is 2.32. The number of amidine groups is 1. The molecule has 1 aliphatic rings. The van der Waals surface area contributed by atoms with E-state index >= 15 is 0 Å². The molecule has 0 saturated carbocycles. The van der Waals surface area contributed by atoms with Crippen LogP contribution in [-0.4, -0.2) is 48.3 Å². The number of hydrogen-bond donors (Lipinski definition) is 0. The largest absolute Gasteiger partial charge is 0.497 e. The Hall–Kier alpha value is -3.06. The topological polar surface area (TPSA) is 62.2 Å². The molecule has 1 atom stereocenters. The van der Waals surface area contributed by atoms with Crippen LogP contribution in [0.15, 0.2) is 53.2 Å². The number of ether oxygens (including phenoxy) is 1. The molecule has 0 aromatic heterocycles. The van der Waals surface area contributed by atoms with Crippen LogP contribution < -0.4 is 9.64 Å².